The molecule has 0 atom stereocenters. The Bertz CT molecular complexity index is 523. The van der Waals surface area contributed by atoms with Gasteiger partial charge in [0, 0.05) is 6.54 Å². The van der Waals surface area contributed by atoms with Gasteiger partial charge in [0.05, 0.1) is 18.8 Å². The van der Waals surface area contributed by atoms with E-state index in [0.29, 0.717) is 12.1 Å². The number of methoxy groups -OCH3 is 1. The number of hydrogen-bond donors (Lipinski definition) is 1. The van der Waals surface area contributed by atoms with Gasteiger partial charge in [0.15, 0.2) is 0 Å². The van der Waals surface area contributed by atoms with E-state index >= 15 is 0 Å². The number of benzene rings is 1. The maximum absolute atomic E-state index is 11.7. The maximum Gasteiger partial charge on any atom is 0.337 e. The van der Waals surface area contributed by atoms with Crippen LogP contribution < -0.4 is 5.32 Å². The second kappa shape index (κ2) is 7.22. The Morgan fingerprint density at radius 3 is 2.67 bits per heavy atom. The van der Waals surface area contributed by atoms with Gasteiger partial charge in [-0.25, -0.2) is 4.79 Å². The summed E-state index contributed by atoms with van der Waals surface area (Å²) in [6.45, 7) is 2.45. The smallest absolute Gasteiger partial charge is 0.337 e. The van der Waals surface area contributed by atoms with Crippen LogP contribution in [0.4, 0.5) is 0 Å². The van der Waals surface area contributed by atoms with Crippen molar-refractivity contribution in [3.8, 4) is 0 Å². The van der Waals surface area contributed by atoms with Gasteiger partial charge in [0.25, 0.3) is 0 Å². The lowest BCUT2D eigenvalue weighted by atomic mass is 9.96. The van der Waals surface area contributed by atoms with Crippen molar-refractivity contribution in [2.45, 2.75) is 38.8 Å². The summed E-state index contributed by atoms with van der Waals surface area (Å²) in [6, 6.07) is 5.29. The molecule has 1 aliphatic carbocycles. The average Bonchev–Trinajstić information content (AvgIpc) is 2.43. The molecule has 0 heterocycles. The first kappa shape index (κ1) is 15.5. The highest BCUT2D eigenvalue weighted by Gasteiger charge is 2.18. The Balaban J connectivity index is 1.81. The van der Waals surface area contributed by atoms with Gasteiger partial charge in [-0.15, -0.1) is 0 Å². The van der Waals surface area contributed by atoms with Gasteiger partial charge in [-0.2, -0.15) is 0 Å². The summed E-state index contributed by atoms with van der Waals surface area (Å²) in [7, 11) is 1.36. The Kier molecular flexibility index (Phi) is 5.33. The molecule has 1 aromatic carbocycles. The molecule has 0 radical (unpaired) electrons. The minimum absolute atomic E-state index is 0.113. The molecule has 5 nitrogen and oxygen atoms in total. The van der Waals surface area contributed by atoms with Crippen LogP contribution in [0.5, 0.6) is 0 Å². The lowest BCUT2D eigenvalue weighted by Gasteiger charge is -2.25. The number of hydrogen-bond acceptors (Lipinski definition) is 4. The van der Waals surface area contributed by atoms with E-state index in [9.17, 15) is 9.59 Å². The van der Waals surface area contributed by atoms with Crippen LogP contribution in [0.3, 0.4) is 0 Å². The molecular formula is C16H21NO4. The van der Waals surface area contributed by atoms with Crippen LogP contribution in [0.1, 0.15) is 40.7 Å². The van der Waals surface area contributed by atoms with Gasteiger partial charge in [-0.1, -0.05) is 6.07 Å². The van der Waals surface area contributed by atoms with E-state index in [1.807, 2.05) is 13.0 Å². The topological polar surface area (TPSA) is 64.6 Å². The fourth-order valence-electron chi connectivity index (χ4n) is 2.11. The summed E-state index contributed by atoms with van der Waals surface area (Å²) in [5.41, 5.74) is 2.43. The zero-order chi connectivity index (χ0) is 15.2. The highest BCUT2D eigenvalue weighted by atomic mass is 16.5. The van der Waals surface area contributed by atoms with Crippen molar-refractivity contribution < 1.29 is 19.1 Å². The lowest BCUT2D eigenvalue weighted by molar-refractivity contribution is -0.129. The molecule has 5 heteroatoms. The van der Waals surface area contributed by atoms with E-state index < -0.39 is 0 Å². The van der Waals surface area contributed by atoms with Gasteiger partial charge >= 0.3 is 5.97 Å². The Morgan fingerprint density at radius 1 is 1.33 bits per heavy atom. The fraction of sp³-hybridized carbons (Fsp3) is 0.500. The van der Waals surface area contributed by atoms with Gasteiger partial charge in [0.2, 0.25) is 5.91 Å². The monoisotopic (exact) mass is 291 g/mol. The molecule has 21 heavy (non-hydrogen) atoms. The van der Waals surface area contributed by atoms with Crippen LogP contribution in [0.25, 0.3) is 0 Å². The Labute approximate surface area is 124 Å². The van der Waals surface area contributed by atoms with E-state index in [2.05, 4.69) is 10.1 Å². The second-order valence-corrected chi connectivity index (χ2v) is 5.27. The number of nitrogens with one attached hydrogen (secondary N) is 1. The summed E-state index contributed by atoms with van der Waals surface area (Å²) >= 11 is 0. The van der Waals surface area contributed by atoms with Crippen molar-refractivity contribution in [3.05, 3.63) is 34.9 Å². The lowest BCUT2D eigenvalue weighted by Crippen LogP contribution is -2.31. The minimum atomic E-state index is -0.359. The highest BCUT2D eigenvalue weighted by molar-refractivity contribution is 5.89. The summed E-state index contributed by atoms with van der Waals surface area (Å²) in [5.74, 6) is -0.471. The Hall–Kier alpha value is -1.88. The molecule has 1 saturated carbocycles. The van der Waals surface area contributed by atoms with Crippen LogP contribution in [0.15, 0.2) is 18.2 Å². The summed E-state index contributed by atoms with van der Waals surface area (Å²) < 4.78 is 10.1. The molecule has 0 aliphatic heterocycles. The van der Waals surface area contributed by atoms with Crippen molar-refractivity contribution in [1.29, 1.82) is 0 Å². The van der Waals surface area contributed by atoms with Gasteiger partial charge in [0.1, 0.15) is 6.61 Å². The molecular weight excluding hydrogens is 270 g/mol. The molecule has 0 unspecified atom stereocenters. The highest BCUT2D eigenvalue weighted by Crippen LogP contribution is 2.21. The van der Waals surface area contributed by atoms with Crippen molar-refractivity contribution in [2.75, 3.05) is 13.7 Å². The number of carbonyl (C=O) groups is 2. The molecule has 0 bridgehead atoms. The first-order valence-corrected chi connectivity index (χ1v) is 7.16. The third-order valence-electron chi connectivity index (χ3n) is 3.74. The van der Waals surface area contributed by atoms with E-state index in [0.717, 1.165) is 24.0 Å². The summed E-state index contributed by atoms with van der Waals surface area (Å²) in [6.07, 6.45) is 3.57. The first-order chi connectivity index (χ1) is 10.1. The second-order valence-electron chi connectivity index (χ2n) is 5.27. The van der Waals surface area contributed by atoms with Crippen molar-refractivity contribution >= 4 is 11.9 Å². The van der Waals surface area contributed by atoms with Gasteiger partial charge < -0.3 is 14.8 Å². The third-order valence-corrected chi connectivity index (χ3v) is 3.74. The van der Waals surface area contributed by atoms with Gasteiger partial charge in [-0.3, -0.25) is 4.79 Å². The van der Waals surface area contributed by atoms with Crippen LogP contribution in [-0.4, -0.2) is 31.7 Å². The molecule has 1 N–H and O–H groups in total. The zero-order valence-corrected chi connectivity index (χ0v) is 12.5. The largest absolute Gasteiger partial charge is 0.465 e. The van der Waals surface area contributed by atoms with E-state index in [1.54, 1.807) is 12.1 Å². The SMILES string of the molecule is COC(=O)c1ccc(CNC(=O)COC2CCC2)c(C)c1. The maximum atomic E-state index is 11.7. The molecule has 1 aromatic rings. The third kappa shape index (κ3) is 4.29. The van der Waals surface area contributed by atoms with Crippen molar-refractivity contribution in [1.82, 2.24) is 5.32 Å². The van der Waals surface area contributed by atoms with E-state index in [4.69, 9.17) is 4.74 Å². The predicted octanol–water partition coefficient (Wildman–Crippen LogP) is 1.97. The molecule has 1 fully saturated rings. The Morgan fingerprint density at radius 2 is 2.10 bits per heavy atom. The number of esters is 1. The van der Waals surface area contributed by atoms with Gasteiger partial charge in [-0.05, 0) is 49.4 Å². The van der Waals surface area contributed by atoms with Crippen LogP contribution in [0.2, 0.25) is 0 Å². The summed E-state index contributed by atoms with van der Waals surface area (Å²) in [5, 5.41) is 2.83. The fourth-order valence-corrected chi connectivity index (χ4v) is 2.11. The molecule has 1 amide bonds. The first-order valence-electron chi connectivity index (χ1n) is 7.16. The normalized spacial score (nSPS) is 14.4. The minimum Gasteiger partial charge on any atom is -0.465 e. The standard InChI is InChI=1S/C16H21NO4/c1-11-8-12(16(19)20-2)6-7-13(11)9-17-15(18)10-21-14-4-3-5-14/h6-8,14H,3-5,9-10H2,1-2H3,(H,17,18). The van der Waals surface area contributed by atoms with E-state index in [1.165, 1.54) is 13.5 Å². The quantitative estimate of drug-likeness (QED) is 0.814. The number of ether oxygens (including phenoxy) is 2. The average molecular weight is 291 g/mol. The van der Waals surface area contributed by atoms with Crippen molar-refractivity contribution in [3.63, 3.8) is 0 Å². The molecule has 0 aromatic heterocycles. The van der Waals surface area contributed by atoms with Crippen molar-refractivity contribution in [2.24, 2.45) is 0 Å². The number of aryl methyl sites for hydroxylation is 1. The zero-order valence-electron chi connectivity index (χ0n) is 12.5. The molecule has 0 saturated heterocycles. The van der Waals surface area contributed by atoms with Crippen LogP contribution in [0, 0.1) is 6.92 Å². The van der Waals surface area contributed by atoms with Crippen LogP contribution in [-0.2, 0) is 20.8 Å². The molecule has 0 spiro atoms. The predicted molar refractivity (Wildman–Crippen MR) is 78.0 cm³/mol. The molecule has 2 rings (SSSR count). The molecule has 114 valence electrons. The number of amides is 1. The van der Waals surface area contributed by atoms with E-state index in [-0.39, 0.29) is 24.6 Å². The number of carbonyl (C=O) groups excluding carboxylic acids is 2. The summed E-state index contributed by atoms with van der Waals surface area (Å²) in [4.78, 5) is 23.1. The van der Waals surface area contributed by atoms with Crippen LogP contribution >= 0.6 is 0 Å². The number of rotatable bonds is 6. The molecule has 1 aliphatic rings.